The minimum Gasteiger partial charge on any atom is -0.394 e. The Kier molecular flexibility index (Phi) is 7.92. The fourth-order valence-corrected chi connectivity index (χ4v) is 2.05. The highest BCUT2D eigenvalue weighted by molar-refractivity contribution is 7.33. The maximum absolute atomic E-state index is 11.4. The van der Waals surface area contributed by atoms with Crippen molar-refractivity contribution in [2.45, 2.75) is 24.5 Å². The first-order valence-electron chi connectivity index (χ1n) is 6.58. The Morgan fingerprint density at radius 2 is 2.12 bits per heavy atom. The summed E-state index contributed by atoms with van der Waals surface area (Å²) < 4.78 is 24.6. The molecule has 1 aromatic rings. The zero-order chi connectivity index (χ0) is 18.3. The van der Waals surface area contributed by atoms with Gasteiger partial charge in [-0.3, -0.25) is 14.3 Å². The second-order valence-electron chi connectivity index (χ2n) is 4.42. The van der Waals surface area contributed by atoms with Crippen molar-refractivity contribution in [3.05, 3.63) is 45.9 Å². The van der Waals surface area contributed by atoms with Gasteiger partial charge in [-0.1, -0.05) is 6.58 Å². The van der Waals surface area contributed by atoms with Gasteiger partial charge in [-0.25, -0.2) is 9.32 Å². The van der Waals surface area contributed by atoms with Crippen LogP contribution in [0.5, 0.6) is 0 Å². The predicted octanol–water partition coefficient (Wildman–Crippen LogP) is -1.40. The molecule has 1 aromatic heterocycles. The number of aromatic amines is 1. The number of aliphatic hydroxyl groups excluding tert-OH is 3. The van der Waals surface area contributed by atoms with Gasteiger partial charge in [-0.05, 0) is 0 Å². The predicted molar refractivity (Wildman–Crippen MR) is 80.2 cm³/mol. The van der Waals surface area contributed by atoms with E-state index in [2.05, 4.69) is 15.6 Å². The lowest BCUT2D eigenvalue weighted by atomic mass is 10.1. The molecule has 0 saturated carbocycles. The molecule has 1 aliphatic rings. The largest absolute Gasteiger partial charge is 0.749 e. The van der Waals surface area contributed by atoms with Crippen LogP contribution in [0.4, 0.5) is 0 Å². The Hall–Kier alpha value is -1.88. The molecule has 0 aliphatic carbocycles. The highest BCUT2D eigenvalue weighted by Crippen LogP contribution is 2.27. The van der Waals surface area contributed by atoms with Gasteiger partial charge in [0.15, 0.2) is 6.23 Å². The molecular weight excluding hydrogens is 347 g/mol. The Labute approximate surface area is 136 Å². The van der Waals surface area contributed by atoms with Crippen LogP contribution in [-0.4, -0.2) is 56.9 Å². The van der Waals surface area contributed by atoms with E-state index in [9.17, 15) is 24.4 Å². The lowest BCUT2D eigenvalue weighted by molar-refractivity contribution is -0.0550. The summed E-state index contributed by atoms with van der Waals surface area (Å²) in [6, 6.07) is 1.09. The molecule has 0 radical (unpaired) electrons. The summed E-state index contributed by atoms with van der Waals surface area (Å²) in [7, 11) is -0.653. The second kappa shape index (κ2) is 9.42. The van der Waals surface area contributed by atoms with Gasteiger partial charge in [-0.15, -0.1) is 4.52 Å². The Morgan fingerprint density at radius 1 is 1.46 bits per heavy atom. The molecule has 24 heavy (non-hydrogen) atoms. The van der Waals surface area contributed by atoms with Crippen LogP contribution in [0, 0.1) is 0 Å². The topological polar surface area (TPSA) is 160 Å². The van der Waals surface area contributed by atoms with Crippen molar-refractivity contribution >= 4 is 8.25 Å². The Bertz CT molecular complexity index is 673. The molecule has 2 heterocycles. The first-order valence-corrected chi connectivity index (χ1v) is 7.68. The fourth-order valence-electron chi connectivity index (χ4n) is 1.84. The smallest absolute Gasteiger partial charge is 0.394 e. The summed E-state index contributed by atoms with van der Waals surface area (Å²) in [5, 5.41) is 28.1. The van der Waals surface area contributed by atoms with E-state index in [0.29, 0.717) is 0 Å². The third-order valence-corrected chi connectivity index (χ3v) is 3.57. The molecule has 2 rings (SSSR count). The van der Waals surface area contributed by atoms with Crippen molar-refractivity contribution in [1.29, 1.82) is 0 Å². The molecule has 1 saturated heterocycles. The van der Waals surface area contributed by atoms with Crippen LogP contribution in [-0.2, 0) is 18.3 Å². The maximum Gasteiger partial charge on any atom is 0.749 e. The monoisotopic (exact) mass is 365 g/mol. The number of H-pyrrole nitrogens is 1. The Balaban J connectivity index is 0.000000351. The van der Waals surface area contributed by atoms with Gasteiger partial charge < -0.3 is 20.1 Å². The van der Waals surface area contributed by atoms with Crippen LogP contribution in [0.1, 0.15) is 6.23 Å². The first-order chi connectivity index (χ1) is 11.3. The van der Waals surface area contributed by atoms with Crippen molar-refractivity contribution in [2.24, 2.45) is 0 Å². The van der Waals surface area contributed by atoms with E-state index >= 15 is 0 Å². The van der Waals surface area contributed by atoms with Crippen LogP contribution < -0.4 is 11.2 Å². The van der Waals surface area contributed by atoms with E-state index < -0.39 is 50.7 Å². The lowest BCUT2D eigenvalue weighted by Crippen LogP contribution is -2.37. The van der Waals surface area contributed by atoms with E-state index in [1.54, 1.807) is 0 Å². The zero-order valence-electron chi connectivity index (χ0n) is 12.6. The molecule has 1 aliphatic heterocycles. The van der Waals surface area contributed by atoms with Crippen LogP contribution in [0.3, 0.4) is 0 Å². The van der Waals surface area contributed by atoms with E-state index in [1.807, 2.05) is 4.98 Å². The minimum absolute atomic E-state index is 0.479. The highest BCUT2D eigenvalue weighted by Gasteiger charge is 2.43. The van der Waals surface area contributed by atoms with Gasteiger partial charge in [0.25, 0.3) is 5.56 Å². The molecular formula is C12H18N2O9P+. The fraction of sp³-hybridized carbons (Fsp3) is 0.500. The molecule has 134 valence electrons. The quantitative estimate of drug-likeness (QED) is 0.363. The van der Waals surface area contributed by atoms with Crippen molar-refractivity contribution in [3.8, 4) is 0 Å². The molecule has 4 N–H and O–H groups in total. The average Bonchev–Trinajstić information content (AvgIpc) is 2.84. The number of nitrogens with zero attached hydrogens (tertiary/aromatic N) is 1. The van der Waals surface area contributed by atoms with Gasteiger partial charge in [0.05, 0.1) is 13.7 Å². The van der Waals surface area contributed by atoms with Gasteiger partial charge in [-0.2, -0.15) is 0 Å². The molecule has 12 heteroatoms. The zero-order valence-corrected chi connectivity index (χ0v) is 13.5. The molecule has 0 bridgehead atoms. The number of aliphatic hydroxyl groups is 3. The summed E-state index contributed by atoms with van der Waals surface area (Å²) in [5.41, 5.74) is -1.33. The van der Waals surface area contributed by atoms with E-state index in [1.165, 1.54) is 7.11 Å². The van der Waals surface area contributed by atoms with Crippen molar-refractivity contribution in [3.63, 3.8) is 0 Å². The van der Waals surface area contributed by atoms with Gasteiger partial charge in [0.2, 0.25) is 0 Å². The van der Waals surface area contributed by atoms with Crippen LogP contribution in [0.25, 0.3) is 0 Å². The molecule has 5 atom stereocenters. The van der Waals surface area contributed by atoms with Crippen LogP contribution in [0.15, 0.2) is 34.7 Å². The van der Waals surface area contributed by atoms with Gasteiger partial charge in [0, 0.05) is 16.8 Å². The molecule has 11 nitrogen and oxygen atoms in total. The highest BCUT2D eigenvalue weighted by atomic mass is 31.1. The van der Waals surface area contributed by atoms with Crippen molar-refractivity contribution in [1.82, 2.24) is 9.55 Å². The maximum atomic E-state index is 11.4. The number of nitrogens with one attached hydrogen (secondary N) is 1. The van der Waals surface area contributed by atoms with Crippen molar-refractivity contribution in [2.75, 3.05) is 13.7 Å². The van der Waals surface area contributed by atoms with Gasteiger partial charge in [0.1, 0.15) is 24.6 Å². The molecule has 1 unspecified atom stereocenters. The number of rotatable bonds is 5. The second-order valence-corrected chi connectivity index (χ2v) is 5.45. The SMILES string of the molecule is C=CO[P+](=O)OC.O=c1ccn([C@@H]2O[C@H](CO)[C@@H](O)[C@H]2O)c(=O)[nH]1. The van der Waals surface area contributed by atoms with Crippen molar-refractivity contribution < 1.29 is 33.7 Å². The first kappa shape index (κ1) is 20.2. The van der Waals surface area contributed by atoms with E-state index in [0.717, 1.165) is 23.1 Å². The molecule has 0 aromatic carbocycles. The number of hydrogen-bond donors (Lipinski definition) is 4. The molecule has 0 spiro atoms. The summed E-state index contributed by atoms with van der Waals surface area (Å²) in [4.78, 5) is 24.3. The molecule has 0 amide bonds. The Morgan fingerprint density at radius 3 is 2.54 bits per heavy atom. The van der Waals surface area contributed by atoms with Crippen LogP contribution in [0.2, 0.25) is 0 Å². The van der Waals surface area contributed by atoms with Gasteiger partial charge >= 0.3 is 13.9 Å². The summed E-state index contributed by atoms with van der Waals surface area (Å²) in [6.07, 6.45) is -2.51. The summed E-state index contributed by atoms with van der Waals surface area (Å²) in [6.45, 7) is 2.68. The standard InChI is InChI=1S/C9H12N2O6.C3H6O3P/c12-3-4-6(14)7(15)8(17-4)11-2-1-5(13)10-9(11)16;1-3-6-7(4)5-2/h1-2,4,6-8,12,14-15H,3H2,(H,10,13,16);3H,1H2,2H3/q;+1/t4-,6-,7-,8-;/m1./s1. The molecule has 1 fully saturated rings. The van der Waals surface area contributed by atoms with Crippen LogP contribution >= 0.6 is 8.25 Å². The minimum atomic E-state index is -1.95. The number of hydrogen-bond acceptors (Lipinski definition) is 9. The summed E-state index contributed by atoms with van der Waals surface area (Å²) in [5.74, 6) is 0. The third kappa shape index (κ3) is 5.06. The average molecular weight is 365 g/mol. The lowest BCUT2D eigenvalue weighted by Gasteiger charge is -2.16. The normalized spacial score (nSPS) is 26.2. The number of aromatic nitrogens is 2. The number of ether oxygens (including phenoxy) is 1. The summed E-state index contributed by atoms with van der Waals surface area (Å²) >= 11 is 0. The third-order valence-electron chi connectivity index (χ3n) is 2.95. The van der Waals surface area contributed by atoms with E-state index in [4.69, 9.17) is 9.84 Å². The van der Waals surface area contributed by atoms with E-state index in [-0.39, 0.29) is 0 Å².